The minimum absolute atomic E-state index is 0.194. The number of hydrogen-bond donors (Lipinski definition) is 1. The molecule has 0 fully saturated rings. The van der Waals surface area contributed by atoms with Crippen LogP contribution in [0.4, 0.5) is 5.69 Å². The fourth-order valence-electron chi connectivity index (χ4n) is 2.62. The Kier molecular flexibility index (Phi) is 5.72. The number of amides is 1. The summed E-state index contributed by atoms with van der Waals surface area (Å²) in [5.74, 6) is 0.260. The molecule has 0 unspecified atom stereocenters. The van der Waals surface area contributed by atoms with Gasteiger partial charge >= 0.3 is 0 Å². The first-order valence-corrected chi connectivity index (χ1v) is 8.94. The molecule has 1 N–H and O–H groups in total. The molecule has 0 aliphatic rings. The van der Waals surface area contributed by atoms with Crippen molar-refractivity contribution in [2.45, 2.75) is 26.4 Å². The standard InChI is InChI=1S/C22H24N2O3/c1-22(2,3)27-14-13-26-20-12-11-17(15-23-20)21(25)24-19-10-6-8-16-7-4-5-9-18(16)19/h4-12,15H,13-14H2,1-3H3,(H,24,25). The fraction of sp³-hybridized carbons (Fsp3) is 0.273. The number of pyridine rings is 1. The number of rotatable bonds is 6. The summed E-state index contributed by atoms with van der Waals surface area (Å²) < 4.78 is 11.1. The van der Waals surface area contributed by atoms with E-state index >= 15 is 0 Å². The first kappa shape index (κ1) is 18.9. The van der Waals surface area contributed by atoms with E-state index in [-0.39, 0.29) is 11.5 Å². The summed E-state index contributed by atoms with van der Waals surface area (Å²) in [6.45, 7) is 6.87. The van der Waals surface area contributed by atoms with E-state index in [9.17, 15) is 4.79 Å². The number of anilines is 1. The number of hydrogen-bond acceptors (Lipinski definition) is 4. The highest BCUT2D eigenvalue weighted by Gasteiger charge is 2.11. The molecule has 0 atom stereocenters. The number of carbonyl (C=O) groups excluding carboxylic acids is 1. The topological polar surface area (TPSA) is 60.5 Å². The van der Waals surface area contributed by atoms with Crippen LogP contribution in [0.5, 0.6) is 5.88 Å². The van der Waals surface area contributed by atoms with E-state index in [0.29, 0.717) is 24.7 Å². The molecule has 0 radical (unpaired) electrons. The van der Waals surface area contributed by atoms with E-state index in [1.165, 1.54) is 6.20 Å². The Morgan fingerprint density at radius 3 is 2.52 bits per heavy atom. The molecular formula is C22H24N2O3. The second kappa shape index (κ2) is 8.18. The van der Waals surface area contributed by atoms with Crippen LogP contribution >= 0.6 is 0 Å². The van der Waals surface area contributed by atoms with Gasteiger partial charge in [0.1, 0.15) is 6.61 Å². The Morgan fingerprint density at radius 1 is 1.00 bits per heavy atom. The van der Waals surface area contributed by atoms with Gasteiger partial charge in [-0.2, -0.15) is 0 Å². The molecule has 0 bridgehead atoms. The van der Waals surface area contributed by atoms with Crippen molar-refractivity contribution in [2.24, 2.45) is 0 Å². The Balaban J connectivity index is 1.60. The molecule has 0 spiro atoms. The molecule has 3 aromatic rings. The van der Waals surface area contributed by atoms with Gasteiger partial charge < -0.3 is 14.8 Å². The van der Waals surface area contributed by atoms with Gasteiger partial charge in [0, 0.05) is 23.3 Å². The maximum atomic E-state index is 12.5. The molecule has 0 saturated carbocycles. The molecule has 5 heteroatoms. The quantitative estimate of drug-likeness (QED) is 0.645. The zero-order valence-corrected chi connectivity index (χ0v) is 15.9. The number of benzene rings is 2. The van der Waals surface area contributed by atoms with Gasteiger partial charge in [-0.3, -0.25) is 4.79 Å². The second-order valence-electron chi connectivity index (χ2n) is 7.18. The van der Waals surface area contributed by atoms with E-state index in [0.717, 1.165) is 16.5 Å². The van der Waals surface area contributed by atoms with Gasteiger partial charge in [0.25, 0.3) is 5.91 Å². The zero-order valence-electron chi connectivity index (χ0n) is 15.9. The summed E-state index contributed by atoms with van der Waals surface area (Å²) in [5.41, 5.74) is 1.05. The lowest BCUT2D eigenvalue weighted by molar-refractivity contribution is -0.0168. The molecule has 140 valence electrons. The van der Waals surface area contributed by atoms with Crippen LogP contribution < -0.4 is 10.1 Å². The molecule has 1 heterocycles. The minimum Gasteiger partial charge on any atom is -0.475 e. The van der Waals surface area contributed by atoms with Crippen molar-refractivity contribution < 1.29 is 14.3 Å². The lowest BCUT2D eigenvalue weighted by Gasteiger charge is -2.19. The SMILES string of the molecule is CC(C)(C)OCCOc1ccc(C(=O)Nc2cccc3ccccc23)cn1. The molecule has 3 rings (SSSR count). The van der Waals surface area contributed by atoms with Crippen LogP contribution in [0.1, 0.15) is 31.1 Å². The second-order valence-corrected chi connectivity index (χ2v) is 7.18. The molecule has 27 heavy (non-hydrogen) atoms. The highest BCUT2D eigenvalue weighted by molar-refractivity contribution is 6.09. The average Bonchev–Trinajstić information content (AvgIpc) is 2.65. The van der Waals surface area contributed by atoms with Crippen molar-refractivity contribution in [1.29, 1.82) is 0 Å². The third kappa shape index (κ3) is 5.28. The first-order valence-electron chi connectivity index (χ1n) is 8.94. The molecule has 0 aliphatic carbocycles. The number of aromatic nitrogens is 1. The van der Waals surface area contributed by atoms with E-state index in [4.69, 9.17) is 9.47 Å². The lowest BCUT2D eigenvalue weighted by atomic mass is 10.1. The number of ether oxygens (including phenoxy) is 2. The number of fused-ring (bicyclic) bond motifs is 1. The van der Waals surface area contributed by atoms with E-state index in [1.807, 2.05) is 63.2 Å². The Labute approximate surface area is 159 Å². The lowest BCUT2D eigenvalue weighted by Crippen LogP contribution is -2.22. The Hall–Kier alpha value is -2.92. The third-order valence-electron chi connectivity index (χ3n) is 3.90. The van der Waals surface area contributed by atoms with E-state index in [1.54, 1.807) is 12.1 Å². The van der Waals surface area contributed by atoms with Gasteiger partial charge in [-0.15, -0.1) is 0 Å². The van der Waals surface area contributed by atoms with Crippen LogP contribution in [0, 0.1) is 0 Å². The molecule has 0 aliphatic heterocycles. The van der Waals surface area contributed by atoms with Crippen LogP contribution in [0.2, 0.25) is 0 Å². The normalized spacial score (nSPS) is 11.4. The Bertz CT molecular complexity index is 909. The van der Waals surface area contributed by atoms with E-state index in [2.05, 4.69) is 10.3 Å². The van der Waals surface area contributed by atoms with Crippen LogP contribution in [-0.4, -0.2) is 29.7 Å². The average molecular weight is 364 g/mol. The van der Waals surface area contributed by atoms with Gasteiger partial charge in [0.2, 0.25) is 5.88 Å². The van der Waals surface area contributed by atoms with Gasteiger partial charge in [-0.1, -0.05) is 36.4 Å². The van der Waals surface area contributed by atoms with Crippen LogP contribution in [0.25, 0.3) is 10.8 Å². The highest BCUT2D eigenvalue weighted by atomic mass is 16.5. The number of nitrogens with one attached hydrogen (secondary N) is 1. The maximum Gasteiger partial charge on any atom is 0.257 e. The summed E-state index contributed by atoms with van der Waals surface area (Å²) in [6, 6.07) is 17.2. The smallest absolute Gasteiger partial charge is 0.257 e. The van der Waals surface area contributed by atoms with Crippen molar-refractivity contribution in [3.8, 4) is 5.88 Å². The minimum atomic E-state index is -0.207. The highest BCUT2D eigenvalue weighted by Crippen LogP contribution is 2.23. The largest absolute Gasteiger partial charge is 0.475 e. The van der Waals surface area contributed by atoms with Crippen LogP contribution in [0.3, 0.4) is 0 Å². The zero-order chi connectivity index (χ0) is 19.3. The van der Waals surface area contributed by atoms with Crippen molar-refractivity contribution in [1.82, 2.24) is 4.98 Å². The summed E-state index contributed by atoms with van der Waals surface area (Å²) in [6.07, 6.45) is 1.51. The third-order valence-corrected chi connectivity index (χ3v) is 3.90. The predicted molar refractivity (Wildman–Crippen MR) is 107 cm³/mol. The van der Waals surface area contributed by atoms with E-state index < -0.39 is 0 Å². The number of carbonyl (C=O) groups is 1. The van der Waals surface area contributed by atoms with Gasteiger partial charge in [0.05, 0.1) is 17.8 Å². The Morgan fingerprint density at radius 2 is 1.78 bits per heavy atom. The molecular weight excluding hydrogens is 340 g/mol. The van der Waals surface area contributed by atoms with Crippen molar-refractivity contribution in [3.63, 3.8) is 0 Å². The van der Waals surface area contributed by atoms with Gasteiger partial charge in [-0.05, 0) is 38.3 Å². The van der Waals surface area contributed by atoms with Crippen LogP contribution in [0.15, 0.2) is 60.8 Å². The summed E-state index contributed by atoms with van der Waals surface area (Å²) in [4.78, 5) is 16.7. The molecule has 2 aromatic carbocycles. The monoisotopic (exact) mass is 364 g/mol. The molecule has 1 amide bonds. The van der Waals surface area contributed by atoms with Gasteiger partial charge in [-0.25, -0.2) is 4.98 Å². The molecule has 1 aromatic heterocycles. The van der Waals surface area contributed by atoms with Crippen molar-refractivity contribution in [3.05, 3.63) is 66.4 Å². The summed E-state index contributed by atoms with van der Waals surface area (Å²) in [5, 5.41) is 5.03. The summed E-state index contributed by atoms with van der Waals surface area (Å²) in [7, 11) is 0. The van der Waals surface area contributed by atoms with Gasteiger partial charge in [0.15, 0.2) is 0 Å². The molecule has 0 saturated heterocycles. The maximum absolute atomic E-state index is 12.5. The van der Waals surface area contributed by atoms with Crippen molar-refractivity contribution >= 4 is 22.4 Å². The fourth-order valence-corrected chi connectivity index (χ4v) is 2.62. The summed E-state index contributed by atoms with van der Waals surface area (Å²) >= 11 is 0. The predicted octanol–water partition coefficient (Wildman–Crippen LogP) is 4.68. The first-order chi connectivity index (χ1) is 12.9. The van der Waals surface area contributed by atoms with Crippen LogP contribution in [-0.2, 0) is 4.74 Å². The number of nitrogens with zero attached hydrogens (tertiary/aromatic N) is 1. The molecule has 5 nitrogen and oxygen atoms in total. The van der Waals surface area contributed by atoms with Crippen molar-refractivity contribution in [2.75, 3.05) is 18.5 Å².